The normalized spacial score (nSPS) is 17.8. The van der Waals surface area contributed by atoms with Crippen molar-refractivity contribution in [3.63, 3.8) is 0 Å². The second-order valence-electron chi connectivity index (χ2n) is 4.59. The topological polar surface area (TPSA) is 42.4 Å². The molecule has 94 valence electrons. The minimum Gasteiger partial charge on any atom is -0.486 e. The largest absolute Gasteiger partial charge is 0.486 e. The molecule has 2 aromatic rings. The van der Waals surface area contributed by atoms with Crippen molar-refractivity contribution >= 4 is 11.3 Å². The van der Waals surface area contributed by atoms with Gasteiger partial charge in [0, 0.05) is 11.1 Å². The number of thiazole rings is 1. The van der Waals surface area contributed by atoms with E-state index in [9.17, 15) is 5.11 Å². The van der Waals surface area contributed by atoms with Crippen LogP contribution in [0.15, 0.2) is 23.6 Å². The predicted octanol–water partition coefficient (Wildman–Crippen LogP) is 3.01. The molecule has 1 N–H and O–H groups in total. The van der Waals surface area contributed by atoms with E-state index in [2.05, 4.69) is 4.98 Å². The summed E-state index contributed by atoms with van der Waals surface area (Å²) in [5, 5.41) is 12.8. The maximum absolute atomic E-state index is 9.73. The molecule has 1 unspecified atom stereocenters. The highest BCUT2D eigenvalue weighted by atomic mass is 32.1. The molecule has 0 saturated carbocycles. The van der Waals surface area contributed by atoms with Crippen LogP contribution in [0.4, 0.5) is 0 Å². The third-order valence-electron chi connectivity index (χ3n) is 3.19. The van der Waals surface area contributed by atoms with Crippen LogP contribution in [0.3, 0.4) is 0 Å². The standard InChI is InChI=1S/C14H15NO2S/c1-9-8-18-14(15-9)7-17-11-3-4-12-10(6-11)2-5-13(12)16/h3-4,6,8,13,16H,2,5,7H2,1H3. The monoisotopic (exact) mass is 261 g/mol. The molecule has 3 rings (SSSR count). The molecular formula is C14H15NO2S. The maximum atomic E-state index is 9.73. The summed E-state index contributed by atoms with van der Waals surface area (Å²) in [6.45, 7) is 2.50. The van der Waals surface area contributed by atoms with Gasteiger partial charge in [0.05, 0.1) is 6.10 Å². The molecule has 1 atom stereocenters. The first-order valence-electron chi connectivity index (χ1n) is 6.07. The summed E-state index contributed by atoms with van der Waals surface area (Å²) in [5.41, 5.74) is 3.29. The molecule has 18 heavy (non-hydrogen) atoms. The molecule has 0 radical (unpaired) electrons. The predicted molar refractivity (Wildman–Crippen MR) is 70.9 cm³/mol. The lowest BCUT2D eigenvalue weighted by atomic mass is 10.1. The van der Waals surface area contributed by atoms with Gasteiger partial charge in [0.1, 0.15) is 17.4 Å². The second-order valence-corrected chi connectivity index (χ2v) is 5.53. The lowest BCUT2D eigenvalue weighted by molar-refractivity contribution is 0.180. The van der Waals surface area contributed by atoms with Crippen LogP contribution in [-0.2, 0) is 13.0 Å². The molecule has 4 heteroatoms. The highest BCUT2D eigenvalue weighted by Gasteiger charge is 2.20. The number of nitrogens with zero attached hydrogens (tertiary/aromatic N) is 1. The van der Waals surface area contributed by atoms with E-state index in [1.54, 1.807) is 11.3 Å². The third-order valence-corrected chi connectivity index (χ3v) is 4.13. The Morgan fingerprint density at radius 3 is 3.17 bits per heavy atom. The average molecular weight is 261 g/mol. The highest BCUT2D eigenvalue weighted by Crippen LogP contribution is 2.33. The summed E-state index contributed by atoms with van der Waals surface area (Å²) < 4.78 is 5.73. The first kappa shape index (κ1) is 11.7. The second kappa shape index (κ2) is 4.71. The summed E-state index contributed by atoms with van der Waals surface area (Å²) in [6, 6.07) is 5.93. The lowest BCUT2D eigenvalue weighted by Gasteiger charge is -2.07. The van der Waals surface area contributed by atoms with E-state index in [4.69, 9.17) is 4.74 Å². The Morgan fingerprint density at radius 2 is 2.39 bits per heavy atom. The maximum Gasteiger partial charge on any atom is 0.140 e. The Balaban J connectivity index is 1.70. The molecule has 0 spiro atoms. The van der Waals surface area contributed by atoms with Gasteiger partial charge in [-0.2, -0.15) is 0 Å². The zero-order valence-electron chi connectivity index (χ0n) is 10.2. The van der Waals surface area contributed by atoms with Crippen LogP contribution in [0.5, 0.6) is 5.75 Å². The summed E-state index contributed by atoms with van der Waals surface area (Å²) in [5.74, 6) is 0.857. The minimum atomic E-state index is -0.296. The van der Waals surface area contributed by atoms with Gasteiger partial charge in [-0.05, 0) is 43.0 Å². The third kappa shape index (κ3) is 2.26. The molecule has 1 aromatic heterocycles. The summed E-state index contributed by atoms with van der Waals surface area (Å²) in [6.07, 6.45) is 1.46. The van der Waals surface area contributed by atoms with Gasteiger partial charge in [-0.3, -0.25) is 0 Å². The van der Waals surface area contributed by atoms with Gasteiger partial charge >= 0.3 is 0 Å². The van der Waals surface area contributed by atoms with Gasteiger partial charge in [0.25, 0.3) is 0 Å². The zero-order valence-corrected chi connectivity index (χ0v) is 11.0. The fraction of sp³-hybridized carbons (Fsp3) is 0.357. The van der Waals surface area contributed by atoms with E-state index >= 15 is 0 Å². The summed E-state index contributed by atoms with van der Waals surface area (Å²) >= 11 is 1.62. The number of hydrogen-bond acceptors (Lipinski definition) is 4. The fourth-order valence-electron chi connectivity index (χ4n) is 2.28. The van der Waals surface area contributed by atoms with Crippen molar-refractivity contribution in [1.82, 2.24) is 4.98 Å². The van der Waals surface area contributed by atoms with Gasteiger partial charge < -0.3 is 9.84 Å². The first-order chi connectivity index (χ1) is 8.72. The molecule has 0 amide bonds. The van der Waals surface area contributed by atoms with Crippen molar-refractivity contribution in [1.29, 1.82) is 0 Å². The van der Waals surface area contributed by atoms with Crippen molar-refractivity contribution in [2.45, 2.75) is 32.5 Å². The number of aliphatic hydroxyl groups excluding tert-OH is 1. The highest BCUT2D eigenvalue weighted by molar-refractivity contribution is 7.09. The van der Waals surface area contributed by atoms with E-state index in [0.29, 0.717) is 6.61 Å². The number of aryl methyl sites for hydroxylation is 2. The first-order valence-corrected chi connectivity index (χ1v) is 6.95. The number of ether oxygens (including phenoxy) is 1. The van der Waals surface area contributed by atoms with Gasteiger partial charge in [-0.25, -0.2) is 4.98 Å². The smallest absolute Gasteiger partial charge is 0.140 e. The van der Waals surface area contributed by atoms with Crippen LogP contribution in [0.2, 0.25) is 0 Å². The molecule has 0 saturated heterocycles. The molecule has 1 heterocycles. The van der Waals surface area contributed by atoms with Crippen LogP contribution in [0, 0.1) is 6.92 Å². The molecule has 1 aliphatic carbocycles. The molecule has 3 nitrogen and oxygen atoms in total. The quantitative estimate of drug-likeness (QED) is 0.923. The van der Waals surface area contributed by atoms with Gasteiger partial charge in [-0.15, -0.1) is 11.3 Å². The molecule has 0 aliphatic heterocycles. The Morgan fingerprint density at radius 1 is 1.50 bits per heavy atom. The van der Waals surface area contributed by atoms with E-state index in [0.717, 1.165) is 34.9 Å². The lowest BCUT2D eigenvalue weighted by Crippen LogP contribution is -1.96. The number of fused-ring (bicyclic) bond motifs is 1. The van der Waals surface area contributed by atoms with Crippen LogP contribution in [0.1, 0.15) is 34.4 Å². The molecule has 0 bridgehead atoms. The van der Waals surface area contributed by atoms with Crippen molar-refractivity contribution in [2.24, 2.45) is 0 Å². The van der Waals surface area contributed by atoms with Gasteiger partial charge in [0.2, 0.25) is 0 Å². The zero-order chi connectivity index (χ0) is 12.5. The van der Waals surface area contributed by atoms with Crippen molar-refractivity contribution in [2.75, 3.05) is 0 Å². The Labute approximate surface area is 110 Å². The van der Waals surface area contributed by atoms with Crippen LogP contribution >= 0.6 is 11.3 Å². The molecular weight excluding hydrogens is 246 g/mol. The van der Waals surface area contributed by atoms with Crippen molar-refractivity contribution < 1.29 is 9.84 Å². The van der Waals surface area contributed by atoms with E-state index in [1.165, 1.54) is 5.56 Å². The van der Waals surface area contributed by atoms with Crippen molar-refractivity contribution in [3.05, 3.63) is 45.4 Å². The fourth-order valence-corrected chi connectivity index (χ4v) is 2.96. The number of rotatable bonds is 3. The SMILES string of the molecule is Cc1csc(COc2ccc3c(c2)CCC3O)n1. The number of benzene rings is 1. The molecule has 1 aliphatic rings. The van der Waals surface area contributed by atoms with E-state index in [1.807, 2.05) is 30.5 Å². The van der Waals surface area contributed by atoms with Crippen LogP contribution < -0.4 is 4.74 Å². The molecule has 0 fully saturated rings. The summed E-state index contributed by atoms with van der Waals surface area (Å²) in [7, 11) is 0. The molecule has 1 aromatic carbocycles. The Kier molecular flexibility index (Phi) is 3.06. The van der Waals surface area contributed by atoms with Gasteiger partial charge in [0.15, 0.2) is 0 Å². The van der Waals surface area contributed by atoms with E-state index in [-0.39, 0.29) is 6.10 Å². The number of aliphatic hydroxyl groups is 1. The Bertz CT molecular complexity index is 565. The van der Waals surface area contributed by atoms with Crippen molar-refractivity contribution in [3.8, 4) is 5.75 Å². The van der Waals surface area contributed by atoms with Crippen LogP contribution in [0.25, 0.3) is 0 Å². The van der Waals surface area contributed by atoms with Crippen LogP contribution in [-0.4, -0.2) is 10.1 Å². The van der Waals surface area contributed by atoms with Gasteiger partial charge in [-0.1, -0.05) is 6.07 Å². The number of hydrogen-bond donors (Lipinski definition) is 1. The summed E-state index contributed by atoms with van der Waals surface area (Å²) in [4.78, 5) is 4.36. The number of aromatic nitrogens is 1. The minimum absolute atomic E-state index is 0.296. The average Bonchev–Trinajstić information content (AvgIpc) is 2.94. The Hall–Kier alpha value is -1.39. The van der Waals surface area contributed by atoms with E-state index < -0.39 is 0 Å².